The number of carbonyl (C=O) groups excluding carboxylic acids is 1. The van der Waals surface area contributed by atoms with E-state index in [9.17, 15) is 4.79 Å². The van der Waals surface area contributed by atoms with Crippen molar-refractivity contribution in [3.05, 3.63) is 61.8 Å². The molecule has 0 aliphatic heterocycles. The lowest BCUT2D eigenvalue weighted by molar-refractivity contribution is 0.0997. The van der Waals surface area contributed by atoms with E-state index in [1.54, 1.807) is 6.07 Å². The normalized spacial score (nSPS) is 12.0. The van der Waals surface area contributed by atoms with Gasteiger partial charge in [-0.2, -0.15) is 4.99 Å². The summed E-state index contributed by atoms with van der Waals surface area (Å²) in [4.78, 5) is 17.6. The van der Waals surface area contributed by atoms with Gasteiger partial charge in [-0.05, 0) is 52.7 Å². The summed E-state index contributed by atoms with van der Waals surface area (Å²) in [5.74, 6) is -0.229. The van der Waals surface area contributed by atoms with E-state index in [1.165, 1.54) is 11.3 Å². The maximum absolute atomic E-state index is 12.5. The number of hydrogen-bond acceptors (Lipinski definition) is 2. The Kier molecular flexibility index (Phi) is 5.14. The molecule has 118 valence electrons. The Morgan fingerprint density at radius 3 is 2.74 bits per heavy atom. The average molecular weight is 454 g/mol. The number of fused-ring (bicyclic) bond motifs is 1. The van der Waals surface area contributed by atoms with Gasteiger partial charge in [-0.15, -0.1) is 0 Å². The van der Waals surface area contributed by atoms with E-state index in [-0.39, 0.29) is 5.91 Å². The number of aromatic nitrogens is 1. The molecular weight excluding hydrogens is 440 g/mol. The number of nitrogens with zero attached hydrogens (tertiary/aromatic N) is 2. The van der Waals surface area contributed by atoms with Crippen LogP contribution in [0.4, 0.5) is 0 Å². The summed E-state index contributed by atoms with van der Waals surface area (Å²) in [7, 11) is 0. The van der Waals surface area contributed by atoms with Gasteiger partial charge in [-0.25, -0.2) is 0 Å². The standard InChI is InChI=1S/C17H14Br2N2OS/c1-2-9-21-14-8-7-11(18)10-15(14)23-17(21)20-16(22)12-5-3-4-6-13(12)19/h3-8,10H,2,9H2,1H3. The van der Waals surface area contributed by atoms with Gasteiger partial charge in [0.1, 0.15) is 0 Å². The first-order valence-electron chi connectivity index (χ1n) is 7.22. The summed E-state index contributed by atoms with van der Waals surface area (Å²) >= 11 is 8.45. The van der Waals surface area contributed by atoms with E-state index in [2.05, 4.69) is 60.5 Å². The zero-order chi connectivity index (χ0) is 16.4. The fourth-order valence-corrected chi connectivity index (χ4v) is 4.41. The molecule has 3 aromatic rings. The largest absolute Gasteiger partial charge is 0.316 e. The molecule has 0 N–H and O–H groups in total. The Morgan fingerprint density at radius 2 is 2.00 bits per heavy atom. The molecule has 2 aromatic carbocycles. The number of rotatable bonds is 3. The molecule has 0 saturated heterocycles. The fraction of sp³-hybridized carbons (Fsp3) is 0.176. The minimum atomic E-state index is -0.229. The van der Waals surface area contributed by atoms with Gasteiger partial charge in [0.15, 0.2) is 4.80 Å². The van der Waals surface area contributed by atoms with Gasteiger partial charge in [0, 0.05) is 15.5 Å². The molecule has 0 bridgehead atoms. The SMILES string of the molecule is CCCn1c(=NC(=O)c2ccccc2Br)sc2cc(Br)ccc21. The van der Waals surface area contributed by atoms with Gasteiger partial charge < -0.3 is 4.57 Å². The van der Waals surface area contributed by atoms with Crippen LogP contribution in [-0.4, -0.2) is 10.5 Å². The molecule has 0 unspecified atom stereocenters. The highest BCUT2D eigenvalue weighted by molar-refractivity contribution is 9.10. The minimum Gasteiger partial charge on any atom is -0.316 e. The zero-order valence-corrected chi connectivity index (χ0v) is 16.4. The molecule has 0 aliphatic carbocycles. The van der Waals surface area contributed by atoms with Crippen molar-refractivity contribution in [3.8, 4) is 0 Å². The van der Waals surface area contributed by atoms with E-state index >= 15 is 0 Å². The Hall–Kier alpha value is -1.24. The fourth-order valence-electron chi connectivity index (χ4n) is 2.35. The van der Waals surface area contributed by atoms with Crippen LogP contribution in [0.1, 0.15) is 23.7 Å². The molecule has 3 rings (SSSR count). The third kappa shape index (κ3) is 3.49. The van der Waals surface area contributed by atoms with Crippen molar-refractivity contribution < 1.29 is 4.79 Å². The first kappa shape index (κ1) is 16.6. The quantitative estimate of drug-likeness (QED) is 0.524. The molecule has 3 nitrogen and oxygen atoms in total. The van der Waals surface area contributed by atoms with Crippen molar-refractivity contribution in [2.75, 3.05) is 0 Å². The van der Waals surface area contributed by atoms with E-state index in [4.69, 9.17) is 0 Å². The van der Waals surface area contributed by atoms with Crippen molar-refractivity contribution in [2.45, 2.75) is 19.9 Å². The number of amides is 1. The molecule has 0 spiro atoms. The van der Waals surface area contributed by atoms with Crippen LogP contribution in [0.3, 0.4) is 0 Å². The average Bonchev–Trinajstić information content (AvgIpc) is 2.84. The molecule has 1 heterocycles. The second-order valence-electron chi connectivity index (χ2n) is 5.05. The molecule has 0 fully saturated rings. The lowest BCUT2D eigenvalue weighted by Gasteiger charge is -2.03. The van der Waals surface area contributed by atoms with Crippen LogP contribution in [0.25, 0.3) is 10.2 Å². The third-order valence-electron chi connectivity index (χ3n) is 3.39. The summed E-state index contributed by atoms with van der Waals surface area (Å²) in [6.45, 7) is 2.96. The van der Waals surface area contributed by atoms with Crippen molar-refractivity contribution >= 4 is 59.3 Å². The Labute approximate surface area is 154 Å². The predicted molar refractivity (Wildman–Crippen MR) is 102 cm³/mol. The topological polar surface area (TPSA) is 34.4 Å². The van der Waals surface area contributed by atoms with Gasteiger partial charge >= 0.3 is 0 Å². The van der Waals surface area contributed by atoms with Gasteiger partial charge in [0.25, 0.3) is 5.91 Å². The number of hydrogen-bond donors (Lipinski definition) is 0. The Morgan fingerprint density at radius 1 is 1.22 bits per heavy atom. The molecule has 1 aromatic heterocycles. The highest BCUT2D eigenvalue weighted by Gasteiger charge is 2.11. The number of thiazole rings is 1. The number of halogens is 2. The van der Waals surface area contributed by atoms with Crippen molar-refractivity contribution in [2.24, 2.45) is 4.99 Å². The third-order valence-corrected chi connectivity index (χ3v) is 5.62. The van der Waals surface area contributed by atoms with Crippen molar-refractivity contribution in [1.29, 1.82) is 0 Å². The van der Waals surface area contributed by atoms with Gasteiger partial charge in [-0.1, -0.05) is 46.3 Å². The van der Waals surface area contributed by atoms with E-state index in [0.29, 0.717) is 5.56 Å². The predicted octanol–water partition coefficient (Wildman–Crippen LogP) is 5.38. The Balaban J connectivity index is 2.16. The van der Waals surface area contributed by atoms with Crippen LogP contribution in [-0.2, 0) is 6.54 Å². The zero-order valence-electron chi connectivity index (χ0n) is 12.4. The van der Waals surface area contributed by atoms with Crippen molar-refractivity contribution in [1.82, 2.24) is 4.57 Å². The maximum atomic E-state index is 12.5. The molecule has 0 aliphatic rings. The van der Waals surface area contributed by atoms with Gasteiger partial charge in [0.2, 0.25) is 0 Å². The molecule has 1 amide bonds. The van der Waals surface area contributed by atoms with Crippen LogP contribution in [0.15, 0.2) is 56.4 Å². The van der Waals surface area contributed by atoms with Crippen LogP contribution in [0.5, 0.6) is 0 Å². The Bertz CT molecular complexity index is 943. The molecule has 0 radical (unpaired) electrons. The first-order valence-corrected chi connectivity index (χ1v) is 9.63. The van der Waals surface area contributed by atoms with Crippen LogP contribution in [0.2, 0.25) is 0 Å². The number of carbonyl (C=O) groups is 1. The molecule has 6 heteroatoms. The van der Waals surface area contributed by atoms with Crippen molar-refractivity contribution in [3.63, 3.8) is 0 Å². The molecular formula is C17H14Br2N2OS. The molecule has 0 saturated carbocycles. The van der Waals surface area contributed by atoms with Crippen LogP contribution < -0.4 is 4.80 Å². The summed E-state index contributed by atoms with van der Waals surface area (Å²) in [6, 6.07) is 13.5. The second-order valence-corrected chi connectivity index (χ2v) is 7.82. The van der Waals surface area contributed by atoms with Crippen LogP contribution >= 0.6 is 43.2 Å². The summed E-state index contributed by atoms with van der Waals surface area (Å²) in [5.41, 5.74) is 1.69. The first-order chi connectivity index (χ1) is 11.1. The monoisotopic (exact) mass is 452 g/mol. The van der Waals surface area contributed by atoms with Crippen LogP contribution in [0, 0.1) is 0 Å². The highest BCUT2D eigenvalue weighted by Crippen LogP contribution is 2.23. The van der Waals surface area contributed by atoms with E-state index in [0.717, 1.165) is 36.9 Å². The highest BCUT2D eigenvalue weighted by atomic mass is 79.9. The summed E-state index contributed by atoms with van der Waals surface area (Å²) < 4.78 is 5.02. The number of aryl methyl sites for hydroxylation is 1. The minimum absolute atomic E-state index is 0.229. The summed E-state index contributed by atoms with van der Waals surface area (Å²) in [5, 5.41) is 0. The van der Waals surface area contributed by atoms with E-state index in [1.807, 2.05) is 24.3 Å². The molecule has 23 heavy (non-hydrogen) atoms. The second kappa shape index (κ2) is 7.11. The maximum Gasteiger partial charge on any atom is 0.280 e. The molecule has 0 atom stereocenters. The lowest BCUT2D eigenvalue weighted by atomic mass is 10.2. The van der Waals surface area contributed by atoms with Gasteiger partial charge in [0.05, 0.1) is 15.8 Å². The summed E-state index contributed by atoms with van der Waals surface area (Å²) in [6.07, 6.45) is 0.984. The smallest absolute Gasteiger partial charge is 0.280 e. The van der Waals surface area contributed by atoms with E-state index < -0.39 is 0 Å². The number of benzene rings is 2. The lowest BCUT2D eigenvalue weighted by Crippen LogP contribution is -2.17. The van der Waals surface area contributed by atoms with Gasteiger partial charge in [-0.3, -0.25) is 4.79 Å².